The van der Waals surface area contributed by atoms with Gasteiger partial charge in [-0.2, -0.15) is 0 Å². The third-order valence-electron chi connectivity index (χ3n) is 5.44. The van der Waals surface area contributed by atoms with Crippen LogP contribution in [0.2, 0.25) is 10.0 Å². The van der Waals surface area contributed by atoms with Crippen LogP contribution in [0.1, 0.15) is 54.8 Å². The maximum atomic E-state index is 12.7. The molecule has 3 aromatic rings. The van der Waals surface area contributed by atoms with Gasteiger partial charge in [0.25, 0.3) is 5.91 Å². The second kappa shape index (κ2) is 12.4. The zero-order valence-electron chi connectivity index (χ0n) is 19.8. The molecule has 2 aromatic carbocycles. The Morgan fingerprint density at radius 2 is 1.94 bits per heavy atom. The third kappa shape index (κ3) is 7.84. The summed E-state index contributed by atoms with van der Waals surface area (Å²) in [5, 5.41) is 4.20. The van der Waals surface area contributed by atoms with Gasteiger partial charge in [0.2, 0.25) is 0 Å². The number of rotatable bonds is 12. The Balaban J connectivity index is 1.64. The van der Waals surface area contributed by atoms with Crippen molar-refractivity contribution in [2.24, 2.45) is 0 Å². The van der Waals surface area contributed by atoms with Gasteiger partial charge in [0.1, 0.15) is 6.10 Å². The molecule has 1 heterocycles. The van der Waals surface area contributed by atoms with Gasteiger partial charge in [-0.15, -0.1) is 0 Å². The lowest BCUT2D eigenvalue weighted by atomic mass is 10.0. The molecule has 0 aliphatic rings. The van der Waals surface area contributed by atoms with Crippen molar-refractivity contribution in [3.8, 4) is 0 Å². The van der Waals surface area contributed by atoms with Gasteiger partial charge in [-0.05, 0) is 57.0 Å². The summed E-state index contributed by atoms with van der Waals surface area (Å²) in [6, 6.07) is 12.8. The molecule has 34 heavy (non-hydrogen) atoms. The molecule has 3 rings (SSSR count). The molecule has 0 bridgehead atoms. The highest BCUT2D eigenvalue weighted by molar-refractivity contribution is 6.35. The lowest BCUT2D eigenvalue weighted by Gasteiger charge is -2.26. The van der Waals surface area contributed by atoms with E-state index in [0.29, 0.717) is 42.0 Å². The minimum Gasteiger partial charge on any atom is -0.382 e. The van der Waals surface area contributed by atoms with Gasteiger partial charge >= 0.3 is 0 Å². The number of aromatic nitrogens is 2. The van der Waals surface area contributed by atoms with E-state index in [0.717, 1.165) is 17.5 Å². The van der Waals surface area contributed by atoms with Crippen LogP contribution in [-0.4, -0.2) is 34.2 Å². The van der Waals surface area contributed by atoms with Crippen LogP contribution in [0, 0.1) is 0 Å². The molecule has 0 fully saturated rings. The summed E-state index contributed by atoms with van der Waals surface area (Å²) >= 11 is 12.5. The number of carbonyl (C=O) groups excluding carboxylic acids is 1. The van der Waals surface area contributed by atoms with E-state index in [4.69, 9.17) is 32.7 Å². The number of hydrogen-bond donors (Lipinski definition) is 1. The SMILES string of the molecule is CCOCCC(C)(C)NC(=O)c1ccc(COC(Cn2ccnc2)c2ccc(Cl)cc2Cl)cc1. The zero-order valence-corrected chi connectivity index (χ0v) is 21.3. The van der Waals surface area contributed by atoms with Crippen LogP contribution in [0.4, 0.5) is 0 Å². The maximum Gasteiger partial charge on any atom is 0.251 e. The molecule has 0 spiro atoms. The number of nitrogens with one attached hydrogen (secondary N) is 1. The van der Waals surface area contributed by atoms with Crippen LogP contribution in [0.5, 0.6) is 0 Å². The summed E-state index contributed by atoms with van der Waals surface area (Å²) in [4.78, 5) is 16.8. The summed E-state index contributed by atoms with van der Waals surface area (Å²) in [5.41, 5.74) is 2.05. The normalized spacial score (nSPS) is 12.5. The zero-order chi connectivity index (χ0) is 24.6. The Kier molecular flexibility index (Phi) is 9.54. The number of amides is 1. The molecule has 8 heteroatoms. The van der Waals surface area contributed by atoms with Crippen LogP contribution >= 0.6 is 23.2 Å². The lowest BCUT2D eigenvalue weighted by molar-refractivity contribution is 0.0280. The van der Waals surface area contributed by atoms with Gasteiger partial charge < -0.3 is 19.4 Å². The number of halogens is 2. The van der Waals surface area contributed by atoms with E-state index in [9.17, 15) is 4.79 Å². The summed E-state index contributed by atoms with van der Waals surface area (Å²) in [5.74, 6) is -0.111. The Hall–Kier alpha value is -2.38. The van der Waals surface area contributed by atoms with Crippen molar-refractivity contribution in [2.45, 2.75) is 52.0 Å². The number of benzene rings is 2. The fourth-order valence-electron chi connectivity index (χ4n) is 3.45. The largest absolute Gasteiger partial charge is 0.382 e. The van der Waals surface area contributed by atoms with E-state index in [1.165, 1.54) is 0 Å². The topological polar surface area (TPSA) is 65.4 Å². The van der Waals surface area contributed by atoms with E-state index in [-0.39, 0.29) is 17.6 Å². The molecule has 6 nitrogen and oxygen atoms in total. The molecule has 182 valence electrons. The molecule has 1 N–H and O–H groups in total. The van der Waals surface area contributed by atoms with Crippen LogP contribution in [-0.2, 0) is 22.6 Å². The number of nitrogens with zero attached hydrogens (tertiary/aromatic N) is 2. The number of hydrogen-bond acceptors (Lipinski definition) is 4. The average Bonchev–Trinajstić information content (AvgIpc) is 3.30. The number of imidazole rings is 1. The van der Waals surface area contributed by atoms with E-state index in [1.807, 2.05) is 61.9 Å². The van der Waals surface area contributed by atoms with E-state index in [2.05, 4.69) is 10.3 Å². The van der Waals surface area contributed by atoms with Gasteiger partial charge in [0.15, 0.2) is 0 Å². The van der Waals surface area contributed by atoms with Crippen LogP contribution in [0.3, 0.4) is 0 Å². The summed E-state index contributed by atoms with van der Waals surface area (Å²) in [6.45, 7) is 8.14. The first-order valence-electron chi connectivity index (χ1n) is 11.3. The highest BCUT2D eigenvalue weighted by Crippen LogP contribution is 2.30. The Bertz CT molecular complexity index is 1050. The van der Waals surface area contributed by atoms with Gasteiger partial charge in [-0.25, -0.2) is 4.98 Å². The Morgan fingerprint density at radius 3 is 2.59 bits per heavy atom. The van der Waals surface area contributed by atoms with E-state index < -0.39 is 0 Å². The molecule has 0 saturated heterocycles. The summed E-state index contributed by atoms with van der Waals surface area (Å²) < 4.78 is 13.6. The van der Waals surface area contributed by atoms with Crippen molar-refractivity contribution in [2.75, 3.05) is 13.2 Å². The average molecular weight is 504 g/mol. The quantitative estimate of drug-likeness (QED) is 0.304. The Labute approximate surface area is 211 Å². The highest BCUT2D eigenvalue weighted by atomic mass is 35.5. The van der Waals surface area contributed by atoms with E-state index >= 15 is 0 Å². The standard InChI is InChI=1S/C26H31Cl2N3O3/c1-4-33-14-11-26(2,3)30-25(32)20-7-5-19(6-8-20)17-34-24(16-31-13-12-29-18-31)22-10-9-21(27)15-23(22)28/h5-10,12-13,15,18,24H,4,11,14,16-17H2,1-3H3,(H,30,32). The number of carbonyl (C=O) groups is 1. The molecule has 0 radical (unpaired) electrons. The molecule has 1 unspecified atom stereocenters. The predicted molar refractivity (Wildman–Crippen MR) is 135 cm³/mol. The fourth-order valence-corrected chi connectivity index (χ4v) is 3.98. The van der Waals surface area contributed by atoms with Gasteiger partial charge in [-0.1, -0.05) is 41.4 Å². The molecule has 1 aromatic heterocycles. The second-order valence-corrected chi connectivity index (χ2v) is 9.55. The number of ether oxygens (including phenoxy) is 2. The molecule has 1 amide bonds. The lowest BCUT2D eigenvalue weighted by Crippen LogP contribution is -2.44. The van der Waals surface area contributed by atoms with Crippen molar-refractivity contribution in [1.29, 1.82) is 0 Å². The third-order valence-corrected chi connectivity index (χ3v) is 6.00. The van der Waals surface area contributed by atoms with Crippen molar-refractivity contribution in [3.05, 3.63) is 87.9 Å². The fraction of sp³-hybridized carbons (Fsp3) is 0.385. The minimum absolute atomic E-state index is 0.111. The Morgan fingerprint density at radius 1 is 1.18 bits per heavy atom. The van der Waals surface area contributed by atoms with Gasteiger partial charge in [0, 0.05) is 52.3 Å². The first-order valence-corrected chi connectivity index (χ1v) is 12.0. The van der Waals surface area contributed by atoms with Gasteiger partial charge in [-0.3, -0.25) is 4.79 Å². The van der Waals surface area contributed by atoms with Crippen LogP contribution in [0.15, 0.2) is 61.2 Å². The highest BCUT2D eigenvalue weighted by Gasteiger charge is 2.21. The molecule has 0 saturated carbocycles. The summed E-state index contributed by atoms with van der Waals surface area (Å²) in [6.07, 6.45) is 5.78. The monoisotopic (exact) mass is 503 g/mol. The molecule has 0 aliphatic heterocycles. The molecule has 0 aliphatic carbocycles. The van der Waals surface area contributed by atoms with Crippen molar-refractivity contribution < 1.29 is 14.3 Å². The van der Waals surface area contributed by atoms with Crippen molar-refractivity contribution in [3.63, 3.8) is 0 Å². The van der Waals surface area contributed by atoms with Crippen molar-refractivity contribution >= 4 is 29.1 Å². The first kappa shape index (κ1) is 26.2. The molecule has 1 atom stereocenters. The second-order valence-electron chi connectivity index (χ2n) is 8.71. The van der Waals surface area contributed by atoms with Crippen molar-refractivity contribution in [1.82, 2.24) is 14.9 Å². The summed E-state index contributed by atoms with van der Waals surface area (Å²) in [7, 11) is 0. The van der Waals surface area contributed by atoms with Gasteiger partial charge in [0.05, 0.1) is 19.5 Å². The molecular weight excluding hydrogens is 473 g/mol. The van der Waals surface area contributed by atoms with Crippen LogP contribution in [0.25, 0.3) is 0 Å². The van der Waals surface area contributed by atoms with E-state index in [1.54, 1.807) is 24.7 Å². The van der Waals surface area contributed by atoms with Crippen LogP contribution < -0.4 is 5.32 Å². The first-order chi connectivity index (χ1) is 16.3. The predicted octanol–water partition coefficient (Wildman–Crippen LogP) is 6.08. The molecular formula is C26H31Cl2N3O3. The smallest absolute Gasteiger partial charge is 0.251 e. The maximum absolute atomic E-state index is 12.7. The minimum atomic E-state index is -0.355.